The zero-order valence-corrected chi connectivity index (χ0v) is 12.4. The van der Waals surface area contributed by atoms with Crippen LogP contribution in [0.3, 0.4) is 0 Å². The number of hydrogen-bond acceptors (Lipinski definition) is 7. The van der Waals surface area contributed by atoms with Crippen LogP contribution in [0.1, 0.15) is 29.0 Å². The van der Waals surface area contributed by atoms with Crippen LogP contribution in [0, 0.1) is 6.92 Å². The molecule has 0 spiro atoms. The molecule has 0 N–H and O–H groups in total. The number of carbonyl (C=O) groups excluding carboxylic acids is 1. The van der Waals surface area contributed by atoms with Gasteiger partial charge in [-0.2, -0.15) is 0 Å². The molecule has 0 saturated carbocycles. The predicted molar refractivity (Wildman–Crippen MR) is 76.3 cm³/mol. The number of fused-ring (bicyclic) bond motifs is 1. The zero-order valence-electron chi connectivity index (χ0n) is 11.6. The van der Waals surface area contributed by atoms with Gasteiger partial charge < -0.3 is 14.3 Å². The lowest BCUT2D eigenvalue weighted by Crippen LogP contribution is -2.39. The summed E-state index contributed by atoms with van der Waals surface area (Å²) in [5, 5.41) is 12.7. The van der Waals surface area contributed by atoms with Crippen LogP contribution in [0.4, 0.5) is 5.13 Å². The van der Waals surface area contributed by atoms with Crippen molar-refractivity contribution < 1.29 is 9.32 Å². The van der Waals surface area contributed by atoms with Crippen molar-refractivity contribution in [3.8, 4) is 0 Å². The van der Waals surface area contributed by atoms with Gasteiger partial charge in [0.15, 0.2) is 0 Å². The van der Waals surface area contributed by atoms with Gasteiger partial charge in [-0.3, -0.25) is 4.79 Å². The van der Waals surface area contributed by atoms with Crippen molar-refractivity contribution in [3.63, 3.8) is 0 Å². The van der Waals surface area contributed by atoms with Gasteiger partial charge in [0.05, 0.1) is 18.3 Å². The number of nitrogens with zero attached hydrogens (tertiary/aromatic N) is 5. The summed E-state index contributed by atoms with van der Waals surface area (Å²) in [7, 11) is 0. The van der Waals surface area contributed by atoms with Crippen LogP contribution < -0.4 is 4.90 Å². The van der Waals surface area contributed by atoms with Gasteiger partial charge in [-0.15, -0.1) is 10.2 Å². The average molecular weight is 305 g/mol. The lowest BCUT2D eigenvalue weighted by atomic mass is 10.1. The largest absolute Gasteiger partial charge is 0.361 e. The van der Waals surface area contributed by atoms with Crippen LogP contribution in [0.2, 0.25) is 0 Å². The first kappa shape index (κ1) is 12.8. The van der Waals surface area contributed by atoms with E-state index in [4.69, 9.17) is 4.52 Å². The lowest BCUT2D eigenvalue weighted by Gasteiger charge is -2.24. The van der Waals surface area contributed by atoms with Crippen LogP contribution in [0.25, 0.3) is 0 Å². The Bertz CT molecular complexity index is 655. The Kier molecular flexibility index (Phi) is 2.91. The van der Waals surface area contributed by atoms with E-state index in [-0.39, 0.29) is 11.9 Å². The fourth-order valence-electron chi connectivity index (χ4n) is 3.43. The number of carbonyl (C=O) groups is 1. The Morgan fingerprint density at radius 3 is 2.95 bits per heavy atom. The Labute approximate surface area is 125 Å². The van der Waals surface area contributed by atoms with Gasteiger partial charge in [-0.05, 0) is 19.8 Å². The molecule has 0 aliphatic carbocycles. The first-order valence-corrected chi connectivity index (χ1v) is 7.88. The topological polar surface area (TPSA) is 75.4 Å². The number of aromatic nitrogens is 3. The van der Waals surface area contributed by atoms with E-state index < -0.39 is 0 Å². The molecular weight excluding hydrogens is 290 g/mol. The monoisotopic (exact) mass is 305 g/mol. The van der Waals surface area contributed by atoms with E-state index in [2.05, 4.69) is 20.3 Å². The quantitative estimate of drug-likeness (QED) is 0.833. The molecule has 2 saturated heterocycles. The van der Waals surface area contributed by atoms with Gasteiger partial charge in [0, 0.05) is 13.1 Å². The molecule has 1 amide bonds. The molecule has 8 heteroatoms. The maximum absolute atomic E-state index is 12.6. The van der Waals surface area contributed by atoms with Gasteiger partial charge in [-0.25, -0.2) is 0 Å². The van der Waals surface area contributed by atoms with E-state index in [1.54, 1.807) is 23.8 Å². The Morgan fingerprint density at radius 2 is 2.24 bits per heavy atom. The number of likely N-dealkylation sites (tertiary alicyclic amines) is 1. The second-order valence-corrected chi connectivity index (χ2v) is 6.23. The van der Waals surface area contributed by atoms with Crippen molar-refractivity contribution >= 4 is 22.4 Å². The minimum Gasteiger partial charge on any atom is -0.361 e. The number of anilines is 1. The predicted octanol–water partition coefficient (Wildman–Crippen LogP) is 1.33. The van der Waals surface area contributed by atoms with Crippen molar-refractivity contribution in [3.05, 3.63) is 23.0 Å². The van der Waals surface area contributed by atoms with Gasteiger partial charge in [0.25, 0.3) is 5.91 Å². The van der Waals surface area contributed by atoms with Gasteiger partial charge in [0.2, 0.25) is 5.13 Å². The summed E-state index contributed by atoms with van der Waals surface area (Å²) in [4.78, 5) is 16.9. The number of aryl methyl sites for hydroxylation is 1. The molecule has 2 aromatic heterocycles. The molecule has 0 radical (unpaired) electrons. The standard InChI is InChI=1S/C13H15N5O2S/c1-8-9(6-15-20-8)12(19)17-4-2-11-10(17)3-5-18(11)13-16-14-7-21-13/h6-7,10-11H,2-5H2,1H3/t10-,11+/m1/s1. The van der Waals surface area contributed by atoms with Gasteiger partial charge >= 0.3 is 0 Å². The molecular formula is C13H15N5O2S. The molecule has 4 heterocycles. The van der Waals surface area contributed by atoms with Crippen molar-refractivity contribution in [2.24, 2.45) is 0 Å². The Balaban J connectivity index is 1.56. The highest BCUT2D eigenvalue weighted by Gasteiger charge is 2.45. The van der Waals surface area contributed by atoms with Gasteiger partial charge in [-0.1, -0.05) is 16.5 Å². The molecule has 21 heavy (non-hydrogen) atoms. The average Bonchev–Trinajstić information content (AvgIpc) is 3.22. The molecule has 0 bridgehead atoms. The third-order valence-electron chi connectivity index (χ3n) is 4.41. The third-order valence-corrected chi connectivity index (χ3v) is 5.14. The zero-order chi connectivity index (χ0) is 14.4. The van der Waals surface area contributed by atoms with E-state index in [1.165, 1.54) is 6.20 Å². The maximum Gasteiger partial charge on any atom is 0.259 e. The molecule has 2 aliphatic rings. The van der Waals surface area contributed by atoms with Crippen LogP contribution in [0.5, 0.6) is 0 Å². The van der Waals surface area contributed by atoms with E-state index in [0.29, 0.717) is 17.4 Å². The van der Waals surface area contributed by atoms with Crippen LogP contribution in [-0.2, 0) is 0 Å². The maximum atomic E-state index is 12.6. The van der Waals surface area contributed by atoms with Crippen LogP contribution >= 0.6 is 11.3 Å². The summed E-state index contributed by atoms with van der Waals surface area (Å²) in [5.41, 5.74) is 2.33. The summed E-state index contributed by atoms with van der Waals surface area (Å²) in [6.45, 7) is 3.47. The van der Waals surface area contributed by atoms with E-state index in [9.17, 15) is 4.79 Å². The van der Waals surface area contributed by atoms with Crippen LogP contribution in [0.15, 0.2) is 16.2 Å². The van der Waals surface area contributed by atoms with Crippen molar-refractivity contribution in [1.29, 1.82) is 0 Å². The molecule has 2 aliphatic heterocycles. The molecule has 2 aromatic rings. The highest BCUT2D eigenvalue weighted by Crippen LogP contribution is 2.36. The minimum atomic E-state index is 0.0281. The Hall–Kier alpha value is -1.96. The fourth-order valence-corrected chi connectivity index (χ4v) is 4.07. The number of amides is 1. The summed E-state index contributed by atoms with van der Waals surface area (Å²) >= 11 is 1.55. The molecule has 2 atom stereocenters. The van der Waals surface area contributed by atoms with Crippen molar-refractivity contribution in [1.82, 2.24) is 20.3 Å². The summed E-state index contributed by atoms with van der Waals surface area (Å²) in [6, 6.07) is 0.595. The molecule has 4 rings (SSSR count). The summed E-state index contributed by atoms with van der Waals surface area (Å²) in [6.07, 6.45) is 3.46. The van der Waals surface area contributed by atoms with E-state index in [1.807, 2.05) is 4.90 Å². The second-order valence-electron chi connectivity index (χ2n) is 5.42. The first-order chi connectivity index (χ1) is 10.3. The van der Waals surface area contributed by atoms with E-state index >= 15 is 0 Å². The van der Waals surface area contributed by atoms with Crippen molar-refractivity contribution in [2.45, 2.75) is 31.8 Å². The molecule has 2 fully saturated rings. The smallest absolute Gasteiger partial charge is 0.259 e. The first-order valence-electron chi connectivity index (χ1n) is 7.01. The Morgan fingerprint density at radius 1 is 1.38 bits per heavy atom. The van der Waals surface area contributed by atoms with E-state index in [0.717, 1.165) is 31.1 Å². The van der Waals surface area contributed by atoms with Crippen molar-refractivity contribution in [2.75, 3.05) is 18.0 Å². The second kappa shape index (κ2) is 4.80. The molecule has 7 nitrogen and oxygen atoms in total. The third kappa shape index (κ3) is 1.93. The molecule has 0 aromatic carbocycles. The highest BCUT2D eigenvalue weighted by molar-refractivity contribution is 7.13. The molecule has 0 unspecified atom stereocenters. The summed E-state index contributed by atoms with van der Waals surface area (Å²) < 4.78 is 5.01. The van der Waals surface area contributed by atoms with Gasteiger partial charge in [0.1, 0.15) is 16.8 Å². The SMILES string of the molecule is Cc1oncc1C(=O)N1CC[C@H]2[C@H]1CCN2c1nncs1. The normalized spacial score (nSPS) is 24.6. The molecule has 110 valence electrons. The lowest BCUT2D eigenvalue weighted by molar-refractivity contribution is 0.0736. The minimum absolute atomic E-state index is 0.0281. The number of rotatable bonds is 2. The number of hydrogen-bond donors (Lipinski definition) is 0. The fraction of sp³-hybridized carbons (Fsp3) is 0.538. The summed E-state index contributed by atoms with van der Waals surface area (Å²) in [5.74, 6) is 0.614. The van der Waals surface area contributed by atoms with Crippen LogP contribution in [-0.4, -0.2) is 51.3 Å². The highest BCUT2D eigenvalue weighted by atomic mass is 32.1.